The molecule has 1 rings (SSSR count). The predicted molar refractivity (Wildman–Crippen MR) is 49.6 cm³/mol. The molecule has 0 radical (unpaired) electrons. The molecule has 0 spiro atoms. The summed E-state index contributed by atoms with van der Waals surface area (Å²) in [5, 5.41) is 9.44. The highest BCUT2D eigenvalue weighted by Gasteiger charge is 1.97. The molecule has 0 aliphatic heterocycles. The second-order valence-corrected chi connectivity index (χ2v) is 3.59. The van der Waals surface area contributed by atoms with Crippen LogP contribution in [0.3, 0.4) is 0 Å². The van der Waals surface area contributed by atoms with Crippen LogP contribution in [0.4, 0.5) is 0 Å². The van der Waals surface area contributed by atoms with Gasteiger partial charge in [-0.1, -0.05) is 18.2 Å². The molecule has 1 aromatic carbocycles. The number of benzene rings is 1. The molecule has 4 heteroatoms. The Morgan fingerprint density at radius 3 is 2.46 bits per heavy atom. The molecule has 0 aliphatic carbocycles. The number of hydrogen-bond donors (Lipinski definition) is 1. The minimum atomic E-state index is -1.37. The number of rotatable bonds is 3. The molecule has 0 bridgehead atoms. The molecule has 0 amide bonds. The monoisotopic (exact) mass is 196 g/mol. The second-order valence-electron chi connectivity index (χ2n) is 2.25. The normalized spacial score (nSPS) is 12.9. The molecule has 1 atom stereocenters. The van der Waals surface area contributed by atoms with Crippen LogP contribution in [0, 0.1) is 0 Å². The van der Waals surface area contributed by atoms with Gasteiger partial charge in [0.2, 0.25) is 0 Å². The van der Waals surface area contributed by atoms with Gasteiger partial charge >= 0.3 is 5.97 Å². The van der Waals surface area contributed by atoms with Gasteiger partial charge in [-0.3, -0.25) is 0 Å². The molecule has 0 fully saturated rings. The van der Waals surface area contributed by atoms with Crippen molar-refractivity contribution in [1.82, 2.24) is 0 Å². The van der Waals surface area contributed by atoms with Gasteiger partial charge in [0.1, 0.15) is 0 Å². The van der Waals surface area contributed by atoms with E-state index in [2.05, 4.69) is 0 Å². The Bertz CT molecular complexity index is 343. The molecule has 1 aromatic rings. The lowest BCUT2D eigenvalue weighted by Gasteiger charge is -1.93. The van der Waals surface area contributed by atoms with E-state index >= 15 is 0 Å². The van der Waals surface area contributed by atoms with E-state index in [1.165, 1.54) is 0 Å². The lowest BCUT2D eigenvalue weighted by atomic mass is 10.4. The minimum Gasteiger partial charge on any atom is -0.478 e. The molecule has 0 saturated heterocycles. The second kappa shape index (κ2) is 4.57. The fraction of sp³-hybridized carbons (Fsp3) is 0. The number of carboxylic acids is 1. The Morgan fingerprint density at radius 2 is 1.92 bits per heavy atom. The molecular formula is C9H8O3S. The van der Waals surface area contributed by atoms with E-state index in [1.54, 1.807) is 24.3 Å². The molecule has 0 saturated carbocycles. The van der Waals surface area contributed by atoms with Crippen LogP contribution in [-0.4, -0.2) is 15.3 Å². The first-order chi connectivity index (χ1) is 6.20. The molecule has 68 valence electrons. The summed E-state index contributed by atoms with van der Waals surface area (Å²) >= 11 is 0. The van der Waals surface area contributed by atoms with Crippen molar-refractivity contribution >= 4 is 16.8 Å². The Morgan fingerprint density at radius 1 is 1.31 bits per heavy atom. The van der Waals surface area contributed by atoms with E-state index in [-0.39, 0.29) is 0 Å². The summed E-state index contributed by atoms with van der Waals surface area (Å²) in [6.45, 7) is 0. The molecule has 0 aliphatic rings. The van der Waals surface area contributed by atoms with Crippen molar-refractivity contribution in [2.24, 2.45) is 0 Å². The van der Waals surface area contributed by atoms with E-state index in [1.807, 2.05) is 6.07 Å². The quantitative estimate of drug-likeness (QED) is 0.743. The minimum absolute atomic E-state index is 0.597. The van der Waals surface area contributed by atoms with E-state index in [9.17, 15) is 9.00 Å². The van der Waals surface area contributed by atoms with Crippen molar-refractivity contribution in [3.63, 3.8) is 0 Å². The standard InChI is InChI=1S/C9H8O3S/c10-9(11)6-7-13(12)8-4-2-1-3-5-8/h1-7H,(H,10,11)/b7-6+. The highest BCUT2D eigenvalue weighted by Crippen LogP contribution is 2.05. The van der Waals surface area contributed by atoms with Gasteiger partial charge in [-0.15, -0.1) is 0 Å². The van der Waals surface area contributed by atoms with E-state index in [4.69, 9.17) is 5.11 Å². The van der Waals surface area contributed by atoms with Crippen LogP contribution in [0.2, 0.25) is 0 Å². The Labute approximate surface area is 78.2 Å². The van der Waals surface area contributed by atoms with Crippen molar-refractivity contribution in [2.45, 2.75) is 4.90 Å². The number of carboxylic acid groups (broad SMARTS) is 1. The fourth-order valence-corrected chi connectivity index (χ4v) is 1.58. The summed E-state index contributed by atoms with van der Waals surface area (Å²) in [6, 6.07) is 8.68. The van der Waals surface area contributed by atoms with Crippen molar-refractivity contribution < 1.29 is 14.1 Å². The Kier molecular flexibility index (Phi) is 3.40. The van der Waals surface area contributed by atoms with Crippen LogP contribution in [-0.2, 0) is 15.6 Å². The summed E-state index contributed by atoms with van der Waals surface area (Å²) in [6.07, 6.45) is 0.878. The summed E-state index contributed by atoms with van der Waals surface area (Å²) in [5.41, 5.74) is 0. The highest BCUT2D eigenvalue weighted by molar-refractivity contribution is 7.88. The summed E-state index contributed by atoms with van der Waals surface area (Å²) in [7, 11) is -1.37. The lowest BCUT2D eigenvalue weighted by Crippen LogP contribution is -1.90. The molecule has 1 unspecified atom stereocenters. The van der Waals surface area contributed by atoms with Crippen LogP contribution < -0.4 is 0 Å². The number of carbonyl (C=O) groups is 1. The molecule has 1 N–H and O–H groups in total. The van der Waals surface area contributed by atoms with Crippen LogP contribution in [0.15, 0.2) is 46.7 Å². The zero-order valence-corrected chi connectivity index (χ0v) is 7.53. The van der Waals surface area contributed by atoms with Gasteiger partial charge in [0.15, 0.2) is 0 Å². The van der Waals surface area contributed by atoms with Gasteiger partial charge in [-0.2, -0.15) is 0 Å². The fourth-order valence-electron chi connectivity index (χ4n) is 0.753. The highest BCUT2D eigenvalue weighted by atomic mass is 32.2. The van der Waals surface area contributed by atoms with Gasteiger partial charge < -0.3 is 5.11 Å². The first-order valence-electron chi connectivity index (χ1n) is 3.57. The number of aliphatic carboxylic acids is 1. The lowest BCUT2D eigenvalue weighted by molar-refractivity contribution is -0.131. The first kappa shape index (κ1) is 9.67. The molecule has 0 aromatic heterocycles. The molecule has 3 nitrogen and oxygen atoms in total. The van der Waals surface area contributed by atoms with Gasteiger partial charge in [0.25, 0.3) is 0 Å². The average molecular weight is 196 g/mol. The zero-order chi connectivity index (χ0) is 9.68. The Balaban J connectivity index is 2.76. The molecule has 13 heavy (non-hydrogen) atoms. The van der Waals surface area contributed by atoms with Gasteiger partial charge in [-0.25, -0.2) is 9.00 Å². The zero-order valence-electron chi connectivity index (χ0n) is 6.71. The van der Waals surface area contributed by atoms with Gasteiger partial charge in [0.05, 0.1) is 10.8 Å². The summed E-state index contributed by atoms with van der Waals surface area (Å²) in [5.74, 6) is -1.09. The van der Waals surface area contributed by atoms with Crippen molar-refractivity contribution in [3.8, 4) is 0 Å². The SMILES string of the molecule is O=C(O)/C=C/S(=O)c1ccccc1. The van der Waals surface area contributed by atoms with Crippen molar-refractivity contribution in [3.05, 3.63) is 41.8 Å². The van der Waals surface area contributed by atoms with Gasteiger partial charge in [0, 0.05) is 16.4 Å². The molecule has 0 heterocycles. The Hall–Kier alpha value is -1.42. The summed E-state index contributed by atoms with van der Waals surface area (Å²) in [4.78, 5) is 10.7. The maximum Gasteiger partial charge on any atom is 0.328 e. The van der Waals surface area contributed by atoms with Crippen LogP contribution >= 0.6 is 0 Å². The third kappa shape index (κ3) is 3.21. The van der Waals surface area contributed by atoms with E-state index < -0.39 is 16.8 Å². The van der Waals surface area contributed by atoms with Crippen LogP contribution in [0.5, 0.6) is 0 Å². The summed E-state index contributed by atoms with van der Waals surface area (Å²) < 4.78 is 11.3. The third-order valence-electron chi connectivity index (χ3n) is 1.31. The topological polar surface area (TPSA) is 54.4 Å². The third-order valence-corrected chi connectivity index (χ3v) is 2.43. The smallest absolute Gasteiger partial charge is 0.328 e. The van der Waals surface area contributed by atoms with Crippen LogP contribution in [0.1, 0.15) is 0 Å². The van der Waals surface area contributed by atoms with Crippen LogP contribution in [0.25, 0.3) is 0 Å². The number of hydrogen-bond acceptors (Lipinski definition) is 2. The van der Waals surface area contributed by atoms with Crippen molar-refractivity contribution in [1.29, 1.82) is 0 Å². The van der Waals surface area contributed by atoms with Gasteiger partial charge in [-0.05, 0) is 12.1 Å². The average Bonchev–Trinajstić information content (AvgIpc) is 2.15. The van der Waals surface area contributed by atoms with E-state index in [0.29, 0.717) is 4.90 Å². The van der Waals surface area contributed by atoms with Crippen molar-refractivity contribution in [2.75, 3.05) is 0 Å². The maximum atomic E-state index is 11.3. The first-order valence-corrected chi connectivity index (χ1v) is 4.78. The maximum absolute atomic E-state index is 11.3. The molecular weight excluding hydrogens is 188 g/mol. The van der Waals surface area contributed by atoms with E-state index in [0.717, 1.165) is 11.5 Å². The largest absolute Gasteiger partial charge is 0.478 e. The predicted octanol–water partition coefficient (Wildman–Crippen LogP) is 1.39.